The van der Waals surface area contributed by atoms with E-state index in [1.54, 1.807) is 24.3 Å². The van der Waals surface area contributed by atoms with E-state index in [9.17, 15) is 8.42 Å². The van der Waals surface area contributed by atoms with Crippen molar-refractivity contribution in [1.29, 1.82) is 0 Å². The molecule has 0 saturated carbocycles. The van der Waals surface area contributed by atoms with Crippen LogP contribution in [0.1, 0.15) is 0 Å². The van der Waals surface area contributed by atoms with E-state index >= 15 is 0 Å². The van der Waals surface area contributed by atoms with Crippen molar-refractivity contribution >= 4 is 69.7 Å². The Morgan fingerprint density at radius 1 is 0.323 bits per heavy atom. The Hall–Kier alpha value is -8.46. The van der Waals surface area contributed by atoms with Crippen molar-refractivity contribution in [3.63, 3.8) is 0 Å². The fourth-order valence-electron chi connectivity index (χ4n) is 9.67. The lowest BCUT2D eigenvalue weighted by Gasteiger charge is -2.11. The van der Waals surface area contributed by atoms with Crippen LogP contribution in [0.25, 0.3) is 111 Å². The maximum absolute atomic E-state index is 14.1. The largest absolute Gasteiger partial charge is 0.308 e. The summed E-state index contributed by atoms with van der Waals surface area (Å²) in [6, 6.07) is 70.5. The minimum atomic E-state index is -3.80. The van der Waals surface area contributed by atoms with Gasteiger partial charge in [0.1, 0.15) is 0 Å². The minimum Gasteiger partial charge on any atom is -0.308 e. The van der Waals surface area contributed by atoms with Gasteiger partial charge in [-0.25, -0.2) is 13.4 Å². The van der Waals surface area contributed by atoms with Crippen LogP contribution >= 0.6 is 0 Å². The molecular weight excluding hydrogens is 819 g/mol. The van der Waals surface area contributed by atoms with E-state index in [0.29, 0.717) is 17.6 Å². The second kappa shape index (κ2) is 14.3. The van der Waals surface area contributed by atoms with Gasteiger partial charge >= 0.3 is 0 Å². The van der Waals surface area contributed by atoms with Crippen LogP contribution < -0.4 is 0 Å². The van der Waals surface area contributed by atoms with E-state index in [-0.39, 0.29) is 9.79 Å². The highest BCUT2D eigenvalue weighted by Crippen LogP contribution is 2.42. The third-order valence-electron chi connectivity index (χ3n) is 12.8. The molecule has 13 rings (SSSR count). The van der Waals surface area contributed by atoms with Gasteiger partial charge in [-0.2, -0.15) is 9.97 Å². The third-order valence-corrected chi connectivity index (χ3v) is 14.5. The van der Waals surface area contributed by atoms with Crippen molar-refractivity contribution in [2.45, 2.75) is 9.79 Å². The van der Waals surface area contributed by atoms with Crippen LogP contribution in [0.4, 0.5) is 0 Å². The third kappa shape index (κ3) is 5.81. The maximum Gasteiger partial charge on any atom is 0.238 e. The van der Waals surface area contributed by atoms with E-state index < -0.39 is 9.84 Å². The molecule has 13 aromatic rings. The number of para-hydroxylation sites is 3. The Labute approximate surface area is 373 Å². The van der Waals surface area contributed by atoms with Gasteiger partial charge in [0.15, 0.2) is 11.6 Å². The Bertz CT molecular complexity index is 3970. The maximum atomic E-state index is 14.1. The molecule has 0 N–H and O–H groups in total. The zero-order valence-electron chi connectivity index (χ0n) is 34.7. The lowest BCUT2D eigenvalue weighted by Crippen LogP contribution is -2.06. The standard InChI is InChI=1S/C57H35N5O2S/c63-65(64,43-30-25-37(26-31-43)41-34-48-45-18-8-10-20-50(45)61-51-21-11-9-19-46(51)49(35-41)54(48)61)42-28-23-36(24-29-42)40-27-32-53-47(33-40)44-17-7-12-22-52(44)62(53)57-59-55(38-13-3-1-4-14-38)58-56(60-57)39-15-5-2-6-16-39/h1-35H. The van der Waals surface area contributed by atoms with Gasteiger partial charge in [-0.3, -0.25) is 4.57 Å². The number of fused-ring (bicyclic) bond motifs is 9. The number of nitrogens with zero attached hydrogens (tertiary/aromatic N) is 5. The molecular formula is C57H35N5O2S. The van der Waals surface area contributed by atoms with Crippen molar-refractivity contribution in [2.24, 2.45) is 0 Å². The van der Waals surface area contributed by atoms with Crippen LogP contribution in [0, 0.1) is 0 Å². The molecule has 0 bridgehead atoms. The first-order chi connectivity index (χ1) is 32.0. The highest BCUT2D eigenvalue weighted by molar-refractivity contribution is 7.91. The van der Waals surface area contributed by atoms with Crippen LogP contribution in [0.2, 0.25) is 0 Å². The summed E-state index contributed by atoms with van der Waals surface area (Å²) in [6.07, 6.45) is 0. The van der Waals surface area contributed by atoms with Crippen molar-refractivity contribution in [3.05, 3.63) is 212 Å². The van der Waals surface area contributed by atoms with Crippen molar-refractivity contribution in [3.8, 4) is 51.0 Å². The molecule has 0 aliphatic rings. The zero-order chi connectivity index (χ0) is 43.2. The molecule has 306 valence electrons. The molecule has 0 atom stereocenters. The number of sulfone groups is 1. The zero-order valence-corrected chi connectivity index (χ0v) is 35.5. The summed E-state index contributed by atoms with van der Waals surface area (Å²) in [5.74, 6) is 1.70. The van der Waals surface area contributed by atoms with Gasteiger partial charge in [-0.15, -0.1) is 0 Å². The van der Waals surface area contributed by atoms with Crippen molar-refractivity contribution < 1.29 is 8.42 Å². The molecule has 0 fully saturated rings. The highest BCUT2D eigenvalue weighted by atomic mass is 32.2. The van der Waals surface area contributed by atoms with Gasteiger partial charge in [-0.05, 0) is 89.0 Å². The molecule has 4 aromatic heterocycles. The summed E-state index contributed by atoms with van der Waals surface area (Å²) in [5, 5.41) is 6.84. The smallest absolute Gasteiger partial charge is 0.238 e. The van der Waals surface area contributed by atoms with E-state index in [2.05, 4.69) is 100.0 Å². The summed E-state index contributed by atoms with van der Waals surface area (Å²) < 4.78 is 32.7. The first kappa shape index (κ1) is 37.1. The van der Waals surface area contributed by atoms with Gasteiger partial charge < -0.3 is 4.40 Å². The van der Waals surface area contributed by atoms with Gasteiger partial charge in [-0.1, -0.05) is 146 Å². The molecule has 8 heteroatoms. The van der Waals surface area contributed by atoms with E-state index in [4.69, 9.17) is 15.0 Å². The Kier molecular flexibility index (Phi) is 8.16. The predicted octanol–water partition coefficient (Wildman–Crippen LogP) is 13.6. The summed E-state index contributed by atoms with van der Waals surface area (Å²) >= 11 is 0. The number of aromatic nitrogens is 5. The van der Waals surface area contributed by atoms with Crippen LogP contribution in [0.15, 0.2) is 222 Å². The highest BCUT2D eigenvalue weighted by Gasteiger charge is 2.22. The first-order valence-corrected chi connectivity index (χ1v) is 23.0. The van der Waals surface area contributed by atoms with Gasteiger partial charge in [0.25, 0.3) is 0 Å². The summed E-state index contributed by atoms with van der Waals surface area (Å²) in [5.41, 5.74) is 11.2. The summed E-state index contributed by atoms with van der Waals surface area (Å²) in [7, 11) is -3.80. The number of hydrogen-bond acceptors (Lipinski definition) is 5. The Balaban J connectivity index is 0.843. The molecule has 65 heavy (non-hydrogen) atoms. The molecule has 4 heterocycles. The molecule has 0 amide bonds. The van der Waals surface area contributed by atoms with Crippen LogP contribution in [-0.2, 0) is 9.84 Å². The SMILES string of the molecule is O=S(=O)(c1ccc(-c2ccc3c(c2)c2ccccc2n3-c2nc(-c3ccccc3)nc(-c3ccccc3)n2)cc1)c1ccc(-c2cc3c4ccccc4n4c5ccccc5c(c2)c34)cc1. The van der Waals surface area contributed by atoms with Crippen molar-refractivity contribution in [2.75, 3.05) is 0 Å². The predicted molar refractivity (Wildman–Crippen MR) is 262 cm³/mol. The van der Waals surface area contributed by atoms with E-state index in [1.165, 1.54) is 38.1 Å². The van der Waals surface area contributed by atoms with Gasteiger partial charge in [0.05, 0.1) is 37.4 Å². The fourth-order valence-corrected chi connectivity index (χ4v) is 10.9. The first-order valence-electron chi connectivity index (χ1n) is 21.5. The molecule has 9 aromatic carbocycles. The number of hydrogen-bond donors (Lipinski definition) is 0. The van der Waals surface area contributed by atoms with Gasteiger partial charge in [0.2, 0.25) is 15.8 Å². The quantitative estimate of drug-likeness (QED) is 0.159. The Morgan fingerprint density at radius 2 is 0.738 bits per heavy atom. The molecule has 7 nitrogen and oxygen atoms in total. The van der Waals surface area contributed by atoms with Crippen LogP contribution in [0.3, 0.4) is 0 Å². The monoisotopic (exact) mass is 853 g/mol. The molecule has 0 saturated heterocycles. The van der Waals surface area contributed by atoms with Crippen molar-refractivity contribution in [1.82, 2.24) is 23.9 Å². The minimum absolute atomic E-state index is 0.240. The summed E-state index contributed by atoms with van der Waals surface area (Å²) in [4.78, 5) is 15.5. The lowest BCUT2D eigenvalue weighted by atomic mass is 9.99. The summed E-state index contributed by atoms with van der Waals surface area (Å²) in [6.45, 7) is 0. The molecule has 0 aliphatic carbocycles. The van der Waals surface area contributed by atoms with Gasteiger partial charge in [0, 0.05) is 43.4 Å². The topological polar surface area (TPSA) is 82.1 Å². The number of benzene rings is 9. The number of rotatable bonds is 7. The molecule has 0 unspecified atom stereocenters. The molecule has 0 aliphatic heterocycles. The lowest BCUT2D eigenvalue weighted by molar-refractivity contribution is 0.596. The fraction of sp³-hybridized carbons (Fsp3) is 0. The average Bonchev–Trinajstić information content (AvgIpc) is 4.01. The van der Waals surface area contributed by atoms with Crippen LogP contribution in [0.5, 0.6) is 0 Å². The average molecular weight is 854 g/mol. The second-order valence-electron chi connectivity index (χ2n) is 16.4. The van der Waals surface area contributed by atoms with E-state index in [1.807, 2.05) is 97.1 Å². The Morgan fingerprint density at radius 3 is 1.28 bits per heavy atom. The van der Waals surface area contributed by atoms with E-state index in [0.717, 1.165) is 55.2 Å². The normalized spacial score (nSPS) is 12.1. The van der Waals surface area contributed by atoms with Crippen LogP contribution in [-0.4, -0.2) is 32.3 Å². The molecule has 0 spiro atoms. The second-order valence-corrected chi connectivity index (χ2v) is 18.4. The molecule has 0 radical (unpaired) electrons.